The Morgan fingerprint density at radius 3 is 1.27 bits per heavy atom. The first-order valence-corrected chi connectivity index (χ1v) is 35.0. The number of H-pyrrole nitrogens is 1. The summed E-state index contributed by atoms with van der Waals surface area (Å²) < 4.78 is 8.36. The lowest BCUT2D eigenvalue weighted by molar-refractivity contribution is 0.660. The van der Waals surface area contributed by atoms with Gasteiger partial charge in [-0.1, -0.05) is 286 Å². The van der Waals surface area contributed by atoms with Gasteiger partial charge in [0.25, 0.3) is 0 Å². The second-order valence-electron chi connectivity index (χ2n) is 27.4. The van der Waals surface area contributed by atoms with Crippen LogP contribution >= 0.6 is 15.9 Å². The summed E-state index contributed by atoms with van der Waals surface area (Å²) in [6, 6.07) is 123. The van der Waals surface area contributed by atoms with Gasteiger partial charge in [0.05, 0.1) is 39.0 Å². The molecule has 4 aromatic heterocycles. The van der Waals surface area contributed by atoms with E-state index in [-0.39, 0.29) is 10.8 Å². The Bertz CT molecular complexity index is 6160. The zero-order valence-electron chi connectivity index (χ0n) is 55.6. The molecular weight excluding hydrogens is 1260 g/mol. The number of nitrogens with one attached hydrogen (secondary N) is 1. The van der Waals surface area contributed by atoms with Crippen LogP contribution < -0.4 is 0 Å². The van der Waals surface area contributed by atoms with Crippen LogP contribution in [0.25, 0.3) is 150 Å². The summed E-state index contributed by atoms with van der Waals surface area (Å²) in [4.78, 5) is 3.65. The zero-order valence-corrected chi connectivity index (χ0v) is 57.1. The summed E-state index contributed by atoms with van der Waals surface area (Å²) >= 11 is 3.57. The molecule has 472 valence electrons. The molecule has 0 saturated carbocycles. The quantitative estimate of drug-likeness (QED) is 0.165. The van der Waals surface area contributed by atoms with Crippen molar-refractivity contribution in [2.45, 2.75) is 38.5 Å². The molecular formula is C94H69BrN4. The average molecular weight is 1330 g/mol. The largest absolute Gasteiger partial charge is 0.354 e. The van der Waals surface area contributed by atoms with Crippen LogP contribution in [0, 0.1) is 0 Å². The fourth-order valence-corrected chi connectivity index (χ4v) is 16.6. The van der Waals surface area contributed by atoms with Gasteiger partial charge in [-0.15, -0.1) is 0 Å². The Balaban J connectivity index is 0.000000119. The molecule has 1 N–H and O–H groups in total. The van der Waals surface area contributed by atoms with Crippen LogP contribution in [-0.2, 0) is 10.8 Å². The monoisotopic (exact) mass is 1330 g/mol. The molecule has 99 heavy (non-hydrogen) atoms. The zero-order chi connectivity index (χ0) is 66.5. The van der Waals surface area contributed by atoms with Crippen LogP contribution in [0.2, 0.25) is 0 Å². The van der Waals surface area contributed by atoms with Crippen molar-refractivity contribution in [1.82, 2.24) is 18.7 Å². The predicted molar refractivity (Wildman–Crippen MR) is 421 cm³/mol. The fourth-order valence-electron chi connectivity index (χ4n) is 16.2. The van der Waals surface area contributed by atoms with E-state index < -0.39 is 0 Å². The van der Waals surface area contributed by atoms with Gasteiger partial charge in [-0.3, -0.25) is 0 Å². The molecule has 0 saturated heterocycles. The number of hydrogen-bond acceptors (Lipinski definition) is 0. The highest BCUT2D eigenvalue weighted by atomic mass is 79.9. The Labute approximate surface area is 585 Å². The number of fused-ring (bicyclic) bond motifs is 16. The van der Waals surface area contributed by atoms with E-state index in [9.17, 15) is 0 Å². The lowest BCUT2D eigenvalue weighted by Crippen LogP contribution is -2.14. The summed E-state index contributed by atoms with van der Waals surface area (Å²) in [6.45, 7) is 9.35. The topological polar surface area (TPSA) is 30.6 Å². The van der Waals surface area contributed by atoms with Gasteiger partial charge in [0.1, 0.15) is 0 Å². The van der Waals surface area contributed by atoms with E-state index in [1.807, 2.05) is 0 Å². The van der Waals surface area contributed by atoms with E-state index in [1.165, 1.54) is 160 Å². The third-order valence-electron chi connectivity index (χ3n) is 21.0. The molecule has 0 radical (unpaired) electrons. The summed E-state index contributed by atoms with van der Waals surface area (Å²) in [6.07, 6.45) is 0. The molecule has 0 fully saturated rings. The van der Waals surface area contributed by atoms with E-state index in [1.54, 1.807) is 0 Å². The third-order valence-corrected chi connectivity index (χ3v) is 21.5. The van der Waals surface area contributed by atoms with E-state index in [4.69, 9.17) is 0 Å². The van der Waals surface area contributed by atoms with Gasteiger partial charge < -0.3 is 18.7 Å². The van der Waals surface area contributed by atoms with Gasteiger partial charge in [-0.2, -0.15) is 0 Å². The van der Waals surface area contributed by atoms with Crippen molar-refractivity contribution in [3.8, 4) is 84.1 Å². The molecule has 14 aromatic carbocycles. The van der Waals surface area contributed by atoms with E-state index in [0.29, 0.717) is 0 Å². The summed E-state index contributed by atoms with van der Waals surface area (Å²) in [5, 5.41) is 7.54. The van der Waals surface area contributed by atoms with Crippen LogP contribution in [0.3, 0.4) is 0 Å². The molecule has 2 aliphatic carbocycles. The SMILES string of the molecule is CC1(C)c2ccccc2-c2ccc(-c3cccc(-n4c5ccccc5c5ccc6c(cc(-c7ccccc7)n6-c6ccccc6)c54)c3)cc21.CC1(C)c2ccccc2-c2ccc(-c3cccc(Br)c3)cc21.c1ccc(-c2cc3c4[nH]c5ccccc5c4ccc3n2-c2ccccc2)cc1. The predicted octanol–water partition coefficient (Wildman–Crippen LogP) is 25.7. The van der Waals surface area contributed by atoms with Gasteiger partial charge in [0, 0.05) is 70.2 Å². The maximum Gasteiger partial charge on any atom is 0.0635 e. The number of benzene rings is 14. The van der Waals surface area contributed by atoms with E-state index in [0.717, 1.165) is 15.8 Å². The lowest BCUT2D eigenvalue weighted by Gasteiger charge is -2.22. The van der Waals surface area contributed by atoms with Crippen molar-refractivity contribution >= 4 is 81.3 Å². The van der Waals surface area contributed by atoms with Gasteiger partial charge in [-0.05, 0) is 175 Å². The summed E-state index contributed by atoms with van der Waals surface area (Å²) in [5.74, 6) is 0. The van der Waals surface area contributed by atoms with Gasteiger partial charge in [0.15, 0.2) is 0 Å². The average Bonchev–Trinajstić information content (AvgIpc) is 1.58. The number of aromatic nitrogens is 4. The van der Waals surface area contributed by atoms with Crippen LogP contribution in [0.5, 0.6) is 0 Å². The number of hydrogen-bond donors (Lipinski definition) is 1. The second-order valence-corrected chi connectivity index (χ2v) is 28.3. The molecule has 5 heteroatoms. The Kier molecular flexibility index (Phi) is 14.4. The maximum absolute atomic E-state index is 3.65. The molecule has 2 aliphatic rings. The first kappa shape index (κ1) is 59.7. The van der Waals surface area contributed by atoms with Crippen LogP contribution in [0.4, 0.5) is 0 Å². The molecule has 0 unspecified atom stereocenters. The van der Waals surface area contributed by atoms with Crippen LogP contribution in [-0.4, -0.2) is 18.7 Å². The van der Waals surface area contributed by atoms with E-state index in [2.05, 4.69) is 402 Å². The second kappa shape index (κ2) is 23.8. The van der Waals surface area contributed by atoms with Gasteiger partial charge in [-0.25, -0.2) is 0 Å². The van der Waals surface area contributed by atoms with Crippen molar-refractivity contribution in [1.29, 1.82) is 0 Å². The third kappa shape index (κ3) is 9.93. The lowest BCUT2D eigenvalue weighted by atomic mass is 9.81. The van der Waals surface area contributed by atoms with Crippen molar-refractivity contribution in [3.63, 3.8) is 0 Å². The van der Waals surface area contributed by atoms with Gasteiger partial charge in [0.2, 0.25) is 0 Å². The highest BCUT2D eigenvalue weighted by Crippen LogP contribution is 2.52. The van der Waals surface area contributed by atoms with E-state index >= 15 is 0 Å². The molecule has 0 amide bonds. The first-order chi connectivity index (χ1) is 48.5. The minimum absolute atomic E-state index is 0.0413. The Morgan fingerprint density at radius 2 is 0.687 bits per heavy atom. The van der Waals surface area contributed by atoms with Crippen LogP contribution in [0.15, 0.2) is 344 Å². The molecule has 20 rings (SSSR count). The van der Waals surface area contributed by atoms with Crippen molar-refractivity contribution < 1.29 is 0 Å². The number of rotatable bonds is 7. The molecule has 4 nitrogen and oxygen atoms in total. The highest BCUT2D eigenvalue weighted by Gasteiger charge is 2.37. The fraction of sp³-hybridized carbons (Fsp3) is 0.0638. The van der Waals surface area contributed by atoms with Crippen molar-refractivity contribution in [2.75, 3.05) is 0 Å². The molecule has 0 aliphatic heterocycles. The summed E-state index contributed by atoms with van der Waals surface area (Å²) in [7, 11) is 0. The van der Waals surface area contributed by atoms with Crippen molar-refractivity contribution in [3.05, 3.63) is 366 Å². The molecule has 4 heterocycles. The number of para-hydroxylation sites is 4. The molecule has 18 aromatic rings. The Morgan fingerprint density at radius 1 is 0.263 bits per heavy atom. The molecule has 0 atom stereocenters. The number of halogens is 1. The first-order valence-electron chi connectivity index (χ1n) is 34.2. The minimum Gasteiger partial charge on any atom is -0.354 e. The van der Waals surface area contributed by atoms with Crippen molar-refractivity contribution in [2.24, 2.45) is 0 Å². The highest BCUT2D eigenvalue weighted by molar-refractivity contribution is 9.10. The molecule has 0 spiro atoms. The molecule has 0 bridgehead atoms. The Hall–Kier alpha value is -11.8. The maximum atomic E-state index is 3.65. The van der Waals surface area contributed by atoms with Crippen LogP contribution in [0.1, 0.15) is 49.9 Å². The van der Waals surface area contributed by atoms with Gasteiger partial charge >= 0.3 is 0 Å². The summed E-state index contributed by atoms with van der Waals surface area (Å²) in [5.41, 5.74) is 31.6. The minimum atomic E-state index is -0.0413. The normalized spacial score (nSPS) is 13.1. The number of aromatic amines is 1. The smallest absolute Gasteiger partial charge is 0.0635 e. The standard InChI is InChI=1S/C47H34N2.C26H18N2.C21H17Br/c1-47(2)41-22-11-9-20-36(41)37-25-24-33(29-42(37)47)32-16-13-19-35(28-32)49-43-23-12-10-21-38(43)39-26-27-44-40(46(39)49)30-45(31-14-5-3-6-15-31)48(44)34-17-7-4-8-18-34;1-3-9-18(10-4-1)25-17-22-24(28(25)19-11-5-2-6-12-19)16-15-21-20-13-7-8-14-23(20)27-26(21)22;1-21(2)19-9-4-3-8-17(19)18-11-10-15(13-20(18)21)14-6-5-7-16(22)12-14/h3-30H,1-2H3;1-17,27H;3-13H,1-2H3. The number of nitrogens with zero attached hydrogens (tertiary/aromatic N) is 3.